The van der Waals surface area contributed by atoms with E-state index in [1.165, 1.54) is 21.3 Å². The van der Waals surface area contributed by atoms with Gasteiger partial charge in [-0.1, -0.05) is 0 Å². The lowest BCUT2D eigenvalue weighted by Crippen LogP contribution is -2.43. The highest BCUT2D eigenvalue weighted by molar-refractivity contribution is 5.95. The summed E-state index contributed by atoms with van der Waals surface area (Å²) in [5.74, 6) is 1.02. The van der Waals surface area contributed by atoms with E-state index < -0.39 is 0 Å². The molecule has 0 saturated carbocycles. The number of rotatable bonds is 7. The van der Waals surface area contributed by atoms with Crippen molar-refractivity contribution in [2.24, 2.45) is 5.41 Å². The lowest BCUT2D eigenvalue weighted by Gasteiger charge is -2.35. The van der Waals surface area contributed by atoms with Crippen molar-refractivity contribution >= 4 is 5.91 Å². The van der Waals surface area contributed by atoms with E-state index in [2.05, 4.69) is 5.32 Å². The van der Waals surface area contributed by atoms with Gasteiger partial charge in [0.15, 0.2) is 11.5 Å². The van der Waals surface area contributed by atoms with Gasteiger partial charge in [-0.25, -0.2) is 0 Å². The normalized spacial score (nSPS) is 16.3. The van der Waals surface area contributed by atoms with Gasteiger partial charge < -0.3 is 29.4 Å². The fourth-order valence-corrected chi connectivity index (χ4v) is 2.78. The van der Waals surface area contributed by atoms with Crippen LogP contribution in [0.4, 0.5) is 0 Å². The quantitative estimate of drug-likeness (QED) is 0.777. The fourth-order valence-electron chi connectivity index (χ4n) is 2.78. The van der Waals surface area contributed by atoms with E-state index >= 15 is 0 Å². The largest absolute Gasteiger partial charge is 0.493 e. The number of methoxy groups -OCH3 is 3. The van der Waals surface area contributed by atoms with Crippen molar-refractivity contribution in [3.63, 3.8) is 0 Å². The van der Waals surface area contributed by atoms with Crippen molar-refractivity contribution < 1.29 is 28.8 Å². The Morgan fingerprint density at radius 1 is 1.17 bits per heavy atom. The molecule has 0 unspecified atom stereocenters. The van der Waals surface area contributed by atoms with Gasteiger partial charge in [0.1, 0.15) is 0 Å². The van der Waals surface area contributed by atoms with Gasteiger partial charge in [0.05, 0.1) is 27.9 Å². The minimum absolute atomic E-state index is 0.0197. The van der Waals surface area contributed by atoms with Gasteiger partial charge in [0.2, 0.25) is 5.75 Å². The molecule has 2 rings (SSSR count). The number of carbonyl (C=O) groups excluding carboxylic acids is 1. The molecule has 7 heteroatoms. The van der Waals surface area contributed by atoms with Gasteiger partial charge in [0.25, 0.3) is 5.91 Å². The Bertz CT molecular complexity index is 543. The molecule has 0 bridgehead atoms. The van der Waals surface area contributed by atoms with Gasteiger partial charge in [0, 0.05) is 30.7 Å². The molecule has 2 N–H and O–H groups in total. The summed E-state index contributed by atoms with van der Waals surface area (Å²) in [5, 5.41) is 12.6. The topological polar surface area (TPSA) is 86.3 Å². The second-order valence-corrected chi connectivity index (χ2v) is 5.87. The number of benzene rings is 1. The van der Waals surface area contributed by atoms with E-state index in [0.717, 1.165) is 12.8 Å². The molecule has 0 aliphatic carbocycles. The Morgan fingerprint density at radius 2 is 1.75 bits per heavy atom. The van der Waals surface area contributed by atoms with Crippen molar-refractivity contribution in [3.05, 3.63) is 17.7 Å². The molecule has 1 aromatic rings. The first-order chi connectivity index (χ1) is 11.6. The number of ether oxygens (including phenoxy) is 4. The smallest absolute Gasteiger partial charge is 0.251 e. The van der Waals surface area contributed by atoms with Crippen LogP contribution in [-0.2, 0) is 4.74 Å². The van der Waals surface area contributed by atoms with Crippen molar-refractivity contribution in [1.29, 1.82) is 0 Å². The van der Waals surface area contributed by atoms with Crippen LogP contribution in [-0.4, -0.2) is 58.7 Å². The summed E-state index contributed by atoms with van der Waals surface area (Å²) in [4.78, 5) is 12.5. The summed E-state index contributed by atoms with van der Waals surface area (Å²) in [6, 6.07) is 3.21. The molecule has 0 atom stereocenters. The lowest BCUT2D eigenvalue weighted by atomic mass is 9.81. The molecule has 1 aliphatic heterocycles. The number of nitrogens with one attached hydrogen (secondary N) is 1. The number of hydrogen-bond acceptors (Lipinski definition) is 6. The highest BCUT2D eigenvalue weighted by Gasteiger charge is 2.32. The minimum atomic E-state index is -0.325. The molecule has 1 saturated heterocycles. The Hall–Kier alpha value is -1.99. The van der Waals surface area contributed by atoms with Gasteiger partial charge >= 0.3 is 0 Å². The number of carbonyl (C=O) groups is 1. The van der Waals surface area contributed by atoms with E-state index in [-0.39, 0.29) is 17.9 Å². The summed E-state index contributed by atoms with van der Waals surface area (Å²) in [6.07, 6.45) is 1.44. The van der Waals surface area contributed by atoms with Crippen LogP contribution in [0.3, 0.4) is 0 Å². The van der Waals surface area contributed by atoms with Gasteiger partial charge in [-0.05, 0) is 25.0 Å². The molecule has 1 amide bonds. The molecule has 7 nitrogen and oxygen atoms in total. The first kappa shape index (κ1) is 18.4. The molecule has 0 aromatic heterocycles. The Kier molecular flexibility index (Phi) is 6.28. The SMILES string of the molecule is COc1cc(C(=O)NCC2(CO)CCOCC2)cc(OC)c1OC. The predicted molar refractivity (Wildman–Crippen MR) is 88.0 cm³/mol. The van der Waals surface area contributed by atoms with Crippen molar-refractivity contribution in [2.75, 3.05) is 47.7 Å². The number of hydrogen-bond donors (Lipinski definition) is 2. The zero-order chi connectivity index (χ0) is 17.6. The van der Waals surface area contributed by atoms with Crippen LogP contribution in [0, 0.1) is 5.41 Å². The van der Waals surface area contributed by atoms with Crippen molar-refractivity contribution in [2.45, 2.75) is 12.8 Å². The molecule has 1 aromatic carbocycles. The van der Waals surface area contributed by atoms with E-state index in [9.17, 15) is 9.90 Å². The first-order valence-electron chi connectivity index (χ1n) is 7.86. The van der Waals surface area contributed by atoms with Gasteiger partial charge in [-0.15, -0.1) is 0 Å². The summed E-state index contributed by atoms with van der Waals surface area (Å²) < 4.78 is 21.1. The van der Waals surface area contributed by atoms with E-state index in [1.54, 1.807) is 12.1 Å². The molecule has 1 fully saturated rings. The molecule has 24 heavy (non-hydrogen) atoms. The Balaban J connectivity index is 2.14. The van der Waals surface area contributed by atoms with E-state index in [4.69, 9.17) is 18.9 Å². The summed E-state index contributed by atoms with van der Waals surface area (Å²) in [5.41, 5.74) is 0.0822. The van der Waals surface area contributed by atoms with Crippen LogP contribution in [0.1, 0.15) is 23.2 Å². The zero-order valence-corrected chi connectivity index (χ0v) is 14.4. The lowest BCUT2D eigenvalue weighted by molar-refractivity contribution is -0.0146. The van der Waals surface area contributed by atoms with Crippen LogP contribution in [0.15, 0.2) is 12.1 Å². The molecular formula is C17H25NO6. The minimum Gasteiger partial charge on any atom is -0.493 e. The molecule has 0 radical (unpaired) electrons. The van der Waals surface area contributed by atoms with E-state index in [0.29, 0.717) is 42.6 Å². The second kappa shape index (κ2) is 8.21. The Morgan fingerprint density at radius 3 is 2.21 bits per heavy atom. The van der Waals surface area contributed by atoms with Gasteiger partial charge in [-0.2, -0.15) is 0 Å². The molecule has 134 valence electrons. The molecule has 0 spiro atoms. The third kappa shape index (κ3) is 3.91. The predicted octanol–water partition coefficient (Wildman–Crippen LogP) is 1.23. The number of amides is 1. The summed E-state index contributed by atoms with van der Waals surface area (Å²) in [7, 11) is 4.51. The third-order valence-corrected chi connectivity index (χ3v) is 4.44. The standard InChI is InChI=1S/C17H25NO6/c1-21-13-8-12(9-14(22-2)15(13)23-3)16(20)18-10-17(11-19)4-6-24-7-5-17/h8-9,19H,4-7,10-11H2,1-3H3,(H,18,20). The maximum atomic E-state index is 12.5. The summed E-state index contributed by atoms with van der Waals surface area (Å²) in [6.45, 7) is 1.61. The maximum Gasteiger partial charge on any atom is 0.251 e. The van der Waals surface area contributed by atoms with Gasteiger partial charge in [-0.3, -0.25) is 4.79 Å². The average Bonchev–Trinajstić information content (AvgIpc) is 2.65. The molecule has 1 heterocycles. The highest BCUT2D eigenvalue weighted by atomic mass is 16.5. The fraction of sp³-hybridized carbons (Fsp3) is 0.588. The number of aliphatic hydroxyl groups is 1. The second-order valence-electron chi connectivity index (χ2n) is 5.87. The van der Waals surface area contributed by atoms with Crippen LogP contribution >= 0.6 is 0 Å². The average molecular weight is 339 g/mol. The first-order valence-corrected chi connectivity index (χ1v) is 7.86. The Labute approximate surface area is 141 Å². The number of aliphatic hydroxyl groups excluding tert-OH is 1. The molecular weight excluding hydrogens is 314 g/mol. The third-order valence-electron chi connectivity index (χ3n) is 4.44. The van der Waals surface area contributed by atoms with Crippen molar-refractivity contribution in [1.82, 2.24) is 5.32 Å². The zero-order valence-electron chi connectivity index (χ0n) is 14.4. The summed E-state index contributed by atoms with van der Waals surface area (Å²) >= 11 is 0. The van der Waals surface area contributed by atoms with Crippen LogP contribution in [0.2, 0.25) is 0 Å². The maximum absolute atomic E-state index is 12.5. The monoisotopic (exact) mass is 339 g/mol. The van der Waals surface area contributed by atoms with Crippen LogP contribution in [0.25, 0.3) is 0 Å². The molecule has 1 aliphatic rings. The van der Waals surface area contributed by atoms with E-state index in [1.807, 2.05) is 0 Å². The van der Waals surface area contributed by atoms with Crippen LogP contribution < -0.4 is 19.5 Å². The van der Waals surface area contributed by atoms with Crippen LogP contribution in [0.5, 0.6) is 17.2 Å². The van der Waals surface area contributed by atoms with Crippen molar-refractivity contribution in [3.8, 4) is 17.2 Å². The highest BCUT2D eigenvalue weighted by Crippen LogP contribution is 2.38.